The Hall–Kier alpha value is 0.610. The molecule has 1 aliphatic heterocycles. The Morgan fingerprint density at radius 3 is 2.54 bits per heavy atom. The van der Waals surface area contributed by atoms with Gasteiger partial charge < -0.3 is 9.64 Å². The minimum Gasteiger partial charge on any atom is -0.377 e. The number of piperidine rings is 1. The van der Waals surface area contributed by atoms with Crippen LogP contribution in [0.5, 0.6) is 0 Å². The van der Waals surface area contributed by atoms with Gasteiger partial charge in [0.15, 0.2) is 0 Å². The zero-order chi connectivity index (χ0) is 9.68. The fraction of sp³-hybridized carbons (Fsp3) is 1.00. The molecule has 1 heterocycles. The van der Waals surface area contributed by atoms with Crippen molar-refractivity contribution in [2.24, 2.45) is 0 Å². The van der Waals surface area contributed by atoms with Crippen LogP contribution in [0.1, 0.15) is 12.8 Å². The average molecular weight is 298 g/mol. The first-order valence-electron chi connectivity index (χ1n) is 4.85. The Bertz CT molecular complexity index is 136. The molecular weight excluding hydrogens is 279 g/mol. The molecule has 0 aromatic heterocycles. The van der Waals surface area contributed by atoms with Crippen LogP contribution in [0.2, 0.25) is 0 Å². The molecule has 0 bridgehead atoms. The van der Waals surface area contributed by atoms with Crippen molar-refractivity contribution in [2.45, 2.75) is 18.9 Å². The van der Waals surface area contributed by atoms with E-state index in [1.54, 1.807) is 0 Å². The standard InChI is InChI=1S/C9H19IN2O/c1-11(2)7-8-13-9-3-5-12(10)6-4-9/h9H,3-8H2,1-2H3. The third-order valence-electron chi connectivity index (χ3n) is 2.28. The van der Waals surface area contributed by atoms with Gasteiger partial charge in [0.25, 0.3) is 0 Å². The zero-order valence-corrected chi connectivity index (χ0v) is 10.7. The van der Waals surface area contributed by atoms with Crippen molar-refractivity contribution < 1.29 is 4.74 Å². The molecule has 0 spiro atoms. The summed E-state index contributed by atoms with van der Waals surface area (Å²) in [6.45, 7) is 4.25. The average Bonchev–Trinajstić information content (AvgIpc) is 2.08. The second-order valence-corrected chi connectivity index (χ2v) is 5.15. The number of nitrogens with zero attached hydrogens (tertiary/aromatic N) is 2. The van der Waals surface area contributed by atoms with Crippen LogP contribution >= 0.6 is 22.9 Å². The molecule has 4 heteroatoms. The van der Waals surface area contributed by atoms with Crippen LogP contribution in [-0.4, -0.2) is 54.5 Å². The molecule has 1 saturated heterocycles. The van der Waals surface area contributed by atoms with E-state index in [0.29, 0.717) is 6.10 Å². The molecule has 0 aromatic rings. The highest BCUT2D eigenvalue weighted by atomic mass is 127. The molecule has 0 N–H and O–H groups in total. The first-order chi connectivity index (χ1) is 6.18. The summed E-state index contributed by atoms with van der Waals surface area (Å²) in [7, 11) is 4.16. The van der Waals surface area contributed by atoms with Crippen molar-refractivity contribution >= 4 is 22.9 Å². The molecule has 0 aliphatic carbocycles. The molecule has 3 nitrogen and oxygen atoms in total. The van der Waals surface area contributed by atoms with Crippen molar-refractivity contribution in [3.8, 4) is 0 Å². The predicted molar refractivity (Wildman–Crippen MR) is 63.1 cm³/mol. The molecule has 0 unspecified atom stereocenters. The topological polar surface area (TPSA) is 15.7 Å². The number of hydrogen-bond donors (Lipinski definition) is 0. The van der Waals surface area contributed by atoms with E-state index < -0.39 is 0 Å². The van der Waals surface area contributed by atoms with Crippen LogP contribution in [0.25, 0.3) is 0 Å². The summed E-state index contributed by atoms with van der Waals surface area (Å²) >= 11 is 2.38. The molecule has 0 amide bonds. The first kappa shape index (κ1) is 11.7. The summed E-state index contributed by atoms with van der Waals surface area (Å²) in [5.41, 5.74) is 0. The van der Waals surface area contributed by atoms with Crippen LogP contribution in [-0.2, 0) is 4.74 Å². The molecular formula is C9H19IN2O. The normalized spacial score (nSPS) is 21.2. The number of ether oxygens (including phenoxy) is 1. The highest BCUT2D eigenvalue weighted by Crippen LogP contribution is 2.16. The van der Waals surface area contributed by atoms with E-state index in [2.05, 4.69) is 45.0 Å². The van der Waals surface area contributed by atoms with E-state index in [1.165, 1.54) is 25.9 Å². The molecule has 1 aliphatic rings. The van der Waals surface area contributed by atoms with Crippen molar-refractivity contribution in [3.63, 3.8) is 0 Å². The maximum absolute atomic E-state index is 5.77. The molecule has 78 valence electrons. The monoisotopic (exact) mass is 298 g/mol. The Labute approximate surface area is 94.9 Å². The lowest BCUT2D eigenvalue weighted by atomic mass is 10.1. The van der Waals surface area contributed by atoms with Gasteiger partial charge in [0.05, 0.1) is 12.7 Å². The number of hydrogen-bond acceptors (Lipinski definition) is 3. The second-order valence-electron chi connectivity index (χ2n) is 3.78. The van der Waals surface area contributed by atoms with E-state index in [9.17, 15) is 0 Å². The minimum absolute atomic E-state index is 0.506. The summed E-state index contributed by atoms with van der Waals surface area (Å²) in [5.74, 6) is 0. The Kier molecular flexibility index (Phi) is 5.54. The van der Waals surface area contributed by atoms with Gasteiger partial charge in [-0.25, -0.2) is 3.11 Å². The number of rotatable bonds is 4. The third-order valence-corrected chi connectivity index (χ3v) is 3.24. The minimum atomic E-state index is 0.506. The number of halogens is 1. The summed E-state index contributed by atoms with van der Waals surface area (Å²) in [4.78, 5) is 2.16. The molecule has 13 heavy (non-hydrogen) atoms. The fourth-order valence-corrected chi connectivity index (χ4v) is 1.95. The highest BCUT2D eigenvalue weighted by Gasteiger charge is 2.17. The Balaban J connectivity index is 2.02. The highest BCUT2D eigenvalue weighted by molar-refractivity contribution is 14.1. The molecule has 1 fully saturated rings. The van der Waals surface area contributed by atoms with Crippen LogP contribution in [0.15, 0.2) is 0 Å². The Morgan fingerprint density at radius 1 is 1.38 bits per heavy atom. The van der Waals surface area contributed by atoms with Gasteiger partial charge in [0.2, 0.25) is 0 Å². The van der Waals surface area contributed by atoms with Crippen LogP contribution in [0.3, 0.4) is 0 Å². The lowest BCUT2D eigenvalue weighted by molar-refractivity contribution is 0.0180. The van der Waals surface area contributed by atoms with Gasteiger partial charge in [0, 0.05) is 42.5 Å². The van der Waals surface area contributed by atoms with Gasteiger partial charge in [-0.05, 0) is 26.9 Å². The Morgan fingerprint density at radius 2 is 2.00 bits per heavy atom. The maximum Gasteiger partial charge on any atom is 0.0600 e. The van der Waals surface area contributed by atoms with E-state index in [-0.39, 0.29) is 0 Å². The third kappa shape index (κ3) is 5.15. The molecule has 0 aromatic carbocycles. The van der Waals surface area contributed by atoms with Crippen molar-refractivity contribution in [1.82, 2.24) is 8.01 Å². The van der Waals surface area contributed by atoms with E-state index >= 15 is 0 Å². The lowest BCUT2D eigenvalue weighted by Gasteiger charge is -2.27. The van der Waals surface area contributed by atoms with Gasteiger partial charge in [-0.2, -0.15) is 0 Å². The smallest absolute Gasteiger partial charge is 0.0600 e. The second kappa shape index (κ2) is 6.16. The van der Waals surface area contributed by atoms with Crippen LogP contribution < -0.4 is 0 Å². The van der Waals surface area contributed by atoms with Crippen LogP contribution in [0.4, 0.5) is 0 Å². The van der Waals surface area contributed by atoms with Gasteiger partial charge >= 0.3 is 0 Å². The predicted octanol–water partition coefficient (Wildman–Crippen LogP) is 1.38. The summed E-state index contributed by atoms with van der Waals surface area (Å²) in [6.07, 6.45) is 2.89. The zero-order valence-electron chi connectivity index (χ0n) is 8.50. The molecule has 0 radical (unpaired) electrons. The van der Waals surface area contributed by atoms with Gasteiger partial charge in [-0.1, -0.05) is 0 Å². The van der Waals surface area contributed by atoms with Gasteiger partial charge in [0.1, 0.15) is 0 Å². The van der Waals surface area contributed by atoms with Crippen molar-refractivity contribution in [2.75, 3.05) is 40.3 Å². The SMILES string of the molecule is CN(C)CCOC1CCN(I)CC1. The van der Waals surface area contributed by atoms with Crippen LogP contribution in [0, 0.1) is 0 Å². The van der Waals surface area contributed by atoms with Gasteiger partial charge in [-0.3, -0.25) is 0 Å². The van der Waals surface area contributed by atoms with E-state index in [0.717, 1.165) is 13.2 Å². The molecule has 0 saturated carbocycles. The summed E-state index contributed by atoms with van der Waals surface area (Å²) in [6, 6.07) is 0. The molecule has 1 rings (SSSR count). The summed E-state index contributed by atoms with van der Waals surface area (Å²) in [5, 5.41) is 0. The fourth-order valence-electron chi connectivity index (χ4n) is 1.39. The largest absolute Gasteiger partial charge is 0.377 e. The summed E-state index contributed by atoms with van der Waals surface area (Å²) < 4.78 is 8.11. The van der Waals surface area contributed by atoms with E-state index in [1.807, 2.05) is 0 Å². The van der Waals surface area contributed by atoms with E-state index in [4.69, 9.17) is 4.74 Å². The lowest BCUT2D eigenvalue weighted by Crippen LogP contribution is -2.32. The molecule has 0 atom stereocenters. The quantitative estimate of drug-likeness (QED) is 0.576. The maximum atomic E-state index is 5.77. The van der Waals surface area contributed by atoms with Gasteiger partial charge in [-0.15, -0.1) is 0 Å². The van der Waals surface area contributed by atoms with Crippen molar-refractivity contribution in [3.05, 3.63) is 0 Å². The number of likely N-dealkylation sites (N-methyl/N-ethyl adjacent to an activating group) is 1. The van der Waals surface area contributed by atoms with Crippen molar-refractivity contribution in [1.29, 1.82) is 0 Å². The first-order valence-corrected chi connectivity index (χ1v) is 5.82.